The lowest BCUT2D eigenvalue weighted by molar-refractivity contribution is -0.124. The summed E-state index contributed by atoms with van der Waals surface area (Å²) in [4.78, 5) is 16.8. The molecule has 4 heteroatoms. The summed E-state index contributed by atoms with van der Waals surface area (Å²) in [6.45, 7) is 0. The third-order valence-electron chi connectivity index (χ3n) is 3.48. The molecular formula is C16H15N3O. The highest BCUT2D eigenvalue weighted by atomic mass is 16.2. The second-order valence-corrected chi connectivity index (χ2v) is 4.84. The zero-order valence-electron chi connectivity index (χ0n) is 10.9. The lowest BCUT2D eigenvalue weighted by Crippen LogP contribution is -2.40. The van der Waals surface area contributed by atoms with Crippen LogP contribution in [-0.2, 0) is 16.8 Å². The van der Waals surface area contributed by atoms with E-state index in [1.165, 1.54) is 0 Å². The fourth-order valence-corrected chi connectivity index (χ4v) is 2.53. The highest BCUT2D eigenvalue weighted by Gasteiger charge is 2.44. The van der Waals surface area contributed by atoms with E-state index in [9.17, 15) is 4.79 Å². The van der Waals surface area contributed by atoms with Gasteiger partial charge in [-0.25, -0.2) is 4.99 Å². The van der Waals surface area contributed by atoms with Crippen molar-refractivity contribution in [3.8, 4) is 0 Å². The van der Waals surface area contributed by atoms with Crippen molar-refractivity contribution in [1.82, 2.24) is 5.32 Å². The summed E-state index contributed by atoms with van der Waals surface area (Å²) in [6, 6.07) is 19.4. The van der Waals surface area contributed by atoms with Gasteiger partial charge in [0.1, 0.15) is 0 Å². The minimum absolute atomic E-state index is 0.176. The minimum atomic E-state index is -0.966. The van der Waals surface area contributed by atoms with E-state index < -0.39 is 5.54 Å². The molecule has 0 radical (unpaired) electrons. The van der Waals surface area contributed by atoms with E-state index in [0.717, 1.165) is 11.1 Å². The predicted octanol–water partition coefficient (Wildman–Crippen LogP) is 1.57. The molecule has 0 saturated heterocycles. The van der Waals surface area contributed by atoms with Gasteiger partial charge in [0.2, 0.25) is 0 Å². The number of hydrogen-bond acceptors (Lipinski definition) is 3. The van der Waals surface area contributed by atoms with E-state index >= 15 is 0 Å². The second kappa shape index (κ2) is 4.81. The number of aliphatic imine (C=N–C) groups is 1. The topological polar surface area (TPSA) is 67.5 Å². The molecule has 0 spiro atoms. The third kappa shape index (κ3) is 2.05. The van der Waals surface area contributed by atoms with Crippen molar-refractivity contribution >= 4 is 11.9 Å². The van der Waals surface area contributed by atoms with E-state index in [1.807, 2.05) is 60.7 Å². The molecule has 0 fully saturated rings. The van der Waals surface area contributed by atoms with Crippen LogP contribution in [0.1, 0.15) is 11.1 Å². The number of carbonyl (C=O) groups excluding carboxylic acids is 1. The van der Waals surface area contributed by atoms with Crippen molar-refractivity contribution in [2.75, 3.05) is 0 Å². The van der Waals surface area contributed by atoms with Crippen LogP contribution in [0.5, 0.6) is 0 Å². The van der Waals surface area contributed by atoms with Gasteiger partial charge in [-0.15, -0.1) is 0 Å². The molecule has 3 rings (SSSR count). The lowest BCUT2D eigenvalue weighted by Gasteiger charge is -2.24. The number of hydrogen-bond donors (Lipinski definition) is 2. The normalized spacial score (nSPS) is 21.4. The summed E-state index contributed by atoms with van der Waals surface area (Å²) < 4.78 is 0. The lowest BCUT2D eigenvalue weighted by atomic mass is 9.84. The number of guanidine groups is 1. The molecule has 1 aliphatic rings. The Morgan fingerprint density at radius 2 is 1.60 bits per heavy atom. The van der Waals surface area contributed by atoms with Gasteiger partial charge in [-0.3, -0.25) is 10.1 Å². The van der Waals surface area contributed by atoms with Crippen molar-refractivity contribution in [1.29, 1.82) is 0 Å². The number of amides is 1. The molecule has 1 heterocycles. The summed E-state index contributed by atoms with van der Waals surface area (Å²) >= 11 is 0. The number of rotatable bonds is 3. The first-order valence-electron chi connectivity index (χ1n) is 6.47. The molecule has 1 atom stereocenters. The van der Waals surface area contributed by atoms with Crippen LogP contribution in [0.4, 0.5) is 0 Å². The summed E-state index contributed by atoms with van der Waals surface area (Å²) in [5.74, 6) is -0.000151. The van der Waals surface area contributed by atoms with E-state index in [0.29, 0.717) is 6.42 Å². The maximum atomic E-state index is 12.4. The molecule has 1 unspecified atom stereocenters. The van der Waals surface area contributed by atoms with Gasteiger partial charge in [0.25, 0.3) is 5.91 Å². The molecule has 0 bridgehead atoms. The number of nitrogens with two attached hydrogens (primary N) is 1. The third-order valence-corrected chi connectivity index (χ3v) is 3.48. The van der Waals surface area contributed by atoms with Gasteiger partial charge < -0.3 is 5.73 Å². The molecule has 0 aromatic heterocycles. The zero-order chi connectivity index (χ0) is 14.0. The van der Waals surface area contributed by atoms with Crippen LogP contribution in [0.2, 0.25) is 0 Å². The maximum absolute atomic E-state index is 12.4. The Morgan fingerprint density at radius 1 is 1.00 bits per heavy atom. The first-order valence-corrected chi connectivity index (χ1v) is 6.47. The Kier molecular flexibility index (Phi) is 2.99. The van der Waals surface area contributed by atoms with Crippen molar-refractivity contribution in [2.24, 2.45) is 10.7 Å². The quantitative estimate of drug-likeness (QED) is 0.884. The van der Waals surface area contributed by atoms with Gasteiger partial charge in [0.15, 0.2) is 11.5 Å². The fourth-order valence-electron chi connectivity index (χ4n) is 2.53. The van der Waals surface area contributed by atoms with Crippen LogP contribution >= 0.6 is 0 Å². The molecule has 100 valence electrons. The molecule has 0 aliphatic carbocycles. The average molecular weight is 265 g/mol. The van der Waals surface area contributed by atoms with Crippen molar-refractivity contribution in [2.45, 2.75) is 12.0 Å². The fraction of sp³-hybridized carbons (Fsp3) is 0.125. The van der Waals surface area contributed by atoms with Crippen molar-refractivity contribution in [3.63, 3.8) is 0 Å². The van der Waals surface area contributed by atoms with Gasteiger partial charge in [-0.05, 0) is 11.1 Å². The van der Waals surface area contributed by atoms with Crippen LogP contribution in [0, 0.1) is 0 Å². The molecule has 20 heavy (non-hydrogen) atoms. The largest absolute Gasteiger partial charge is 0.370 e. The monoisotopic (exact) mass is 265 g/mol. The number of benzene rings is 2. The minimum Gasteiger partial charge on any atom is -0.370 e. The summed E-state index contributed by atoms with van der Waals surface area (Å²) in [5, 5.41) is 2.62. The Labute approximate surface area is 117 Å². The van der Waals surface area contributed by atoms with E-state index in [1.54, 1.807) is 0 Å². The molecule has 1 amide bonds. The Morgan fingerprint density at radius 3 is 2.15 bits per heavy atom. The van der Waals surface area contributed by atoms with Gasteiger partial charge in [0.05, 0.1) is 0 Å². The highest BCUT2D eigenvalue weighted by molar-refractivity contribution is 6.07. The van der Waals surface area contributed by atoms with Crippen LogP contribution in [0.25, 0.3) is 0 Å². The van der Waals surface area contributed by atoms with Gasteiger partial charge in [0, 0.05) is 6.42 Å². The van der Waals surface area contributed by atoms with E-state index in [4.69, 9.17) is 5.73 Å². The standard InChI is InChI=1S/C16H15N3O/c17-15-18-14(20)16(19-15,13-9-5-2-6-10-13)11-12-7-3-1-4-8-12/h1-10H,11H2,(H3,17,18,19,20). The van der Waals surface area contributed by atoms with Crippen LogP contribution in [0.3, 0.4) is 0 Å². The number of nitrogens with zero attached hydrogens (tertiary/aromatic N) is 1. The van der Waals surface area contributed by atoms with Crippen LogP contribution in [0.15, 0.2) is 65.7 Å². The maximum Gasteiger partial charge on any atom is 0.259 e. The average Bonchev–Trinajstić information content (AvgIpc) is 2.76. The van der Waals surface area contributed by atoms with Gasteiger partial charge in [-0.2, -0.15) is 0 Å². The SMILES string of the molecule is NC1=NC(Cc2ccccc2)(c2ccccc2)C(=O)N1. The summed E-state index contributed by atoms with van der Waals surface area (Å²) in [5.41, 5.74) is 6.64. The zero-order valence-corrected chi connectivity index (χ0v) is 10.9. The Balaban J connectivity index is 2.08. The van der Waals surface area contributed by atoms with Crippen molar-refractivity contribution < 1.29 is 4.79 Å². The van der Waals surface area contributed by atoms with Crippen LogP contribution < -0.4 is 11.1 Å². The van der Waals surface area contributed by atoms with E-state index in [-0.39, 0.29) is 11.9 Å². The molecular weight excluding hydrogens is 250 g/mol. The molecule has 3 N–H and O–H groups in total. The number of nitrogens with one attached hydrogen (secondary N) is 1. The summed E-state index contributed by atoms with van der Waals surface area (Å²) in [6.07, 6.45) is 0.490. The molecule has 2 aromatic carbocycles. The second-order valence-electron chi connectivity index (χ2n) is 4.84. The highest BCUT2D eigenvalue weighted by Crippen LogP contribution is 2.33. The Hall–Kier alpha value is -2.62. The predicted molar refractivity (Wildman–Crippen MR) is 78.0 cm³/mol. The van der Waals surface area contributed by atoms with Gasteiger partial charge >= 0.3 is 0 Å². The molecule has 1 aliphatic heterocycles. The summed E-state index contributed by atoms with van der Waals surface area (Å²) in [7, 11) is 0. The molecule has 0 saturated carbocycles. The van der Waals surface area contributed by atoms with Crippen molar-refractivity contribution in [3.05, 3.63) is 71.8 Å². The number of carbonyl (C=O) groups is 1. The molecule has 4 nitrogen and oxygen atoms in total. The Bertz CT molecular complexity index is 652. The van der Waals surface area contributed by atoms with Crippen LogP contribution in [-0.4, -0.2) is 11.9 Å². The van der Waals surface area contributed by atoms with E-state index in [2.05, 4.69) is 10.3 Å². The smallest absolute Gasteiger partial charge is 0.259 e. The first-order chi connectivity index (χ1) is 9.71. The van der Waals surface area contributed by atoms with Gasteiger partial charge in [-0.1, -0.05) is 60.7 Å². The first kappa shape index (κ1) is 12.4. The molecule has 2 aromatic rings.